The van der Waals surface area contributed by atoms with Gasteiger partial charge in [-0.05, 0) is 26.2 Å². The van der Waals surface area contributed by atoms with Crippen LogP contribution in [0.5, 0.6) is 0 Å². The van der Waals surface area contributed by atoms with Crippen molar-refractivity contribution in [2.45, 2.75) is 31.8 Å². The molecule has 0 radical (unpaired) electrons. The third-order valence-electron chi connectivity index (χ3n) is 4.16. The Morgan fingerprint density at radius 2 is 2.05 bits per heavy atom. The topological polar surface area (TPSA) is 58.6 Å². The summed E-state index contributed by atoms with van der Waals surface area (Å²) in [4.78, 5) is 25.1. The lowest BCUT2D eigenvalue weighted by Gasteiger charge is -2.38. The van der Waals surface area contributed by atoms with E-state index in [1.807, 2.05) is 6.92 Å². The molecule has 22 heavy (non-hydrogen) atoms. The first-order valence-electron chi connectivity index (χ1n) is 7.11. The van der Waals surface area contributed by atoms with Crippen molar-refractivity contribution in [3.05, 3.63) is 23.8 Å². The third kappa shape index (κ3) is 2.68. The van der Waals surface area contributed by atoms with Gasteiger partial charge in [0.15, 0.2) is 11.6 Å². The maximum Gasteiger partial charge on any atom is 0.253 e. The molecule has 2 aliphatic rings. The van der Waals surface area contributed by atoms with E-state index in [1.165, 1.54) is 0 Å². The van der Waals surface area contributed by atoms with Gasteiger partial charge in [0.25, 0.3) is 5.91 Å². The SMILES string of the molecule is CC1(OCC(=O)N2CC(=O)Nc3cc(F)c(F)cc32)CCC1. The Kier molecular flexibility index (Phi) is 3.60. The van der Waals surface area contributed by atoms with Crippen molar-refractivity contribution in [1.82, 2.24) is 0 Å². The van der Waals surface area contributed by atoms with Gasteiger partial charge >= 0.3 is 0 Å². The Bertz CT molecular complexity index is 644. The summed E-state index contributed by atoms with van der Waals surface area (Å²) in [6, 6.07) is 1.78. The van der Waals surface area contributed by atoms with Gasteiger partial charge in [-0.25, -0.2) is 8.78 Å². The fraction of sp³-hybridized carbons (Fsp3) is 0.467. The molecule has 0 spiro atoms. The van der Waals surface area contributed by atoms with E-state index in [-0.39, 0.29) is 30.1 Å². The minimum Gasteiger partial charge on any atom is -0.365 e. The Morgan fingerprint density at radius 1 is 1.36 bits per heavy atom. The number of fused-ring (bicyclic) bond motifs is 1. The molecule has 1 aromatic carbocycles. The van der Waals surface area contributed by atoms with E-state index >= 15 is 0 Å². The molecule has 3 rings (SSSR count). The smallest absolute Gasteiger partial charge is 0.253 e. The van der Waals surface area contributed by atoms with Gasteiger partial charge in [0.1, 0.15) is 13.2 Å². The van der Waals surface area contributed by atoms with Crippen LogP contribution in [0, 0.1) is 11.6 Å². The average Bonchev–Trinajstić information content (AvgIpc) is 2.43. The van der Waals surface area contributed by atoms with E-state index in [4.69, 9.17) is 4.74 Å². The van der Waals surface area contributed by atoms with Crippen LogP contribution in [0.15, 0.2) is 12.1 Å². The lowest BCUT2D eigenvalue weighted by molar-refractivity contribution is -0.137. The zero-order chi connectivity index (χ0) is 15.9. The molecular formula is C15H16F2N2O3. The number of rotatable bonds is 3. The molecule has 2 amide bonds. The zero-order valence-electron chi connectivity index (χ0n) is 12.1. The monoisotopic (exact) mass is 310 g/mol. The van der Waals surface area contributed by atoms with Gasteiger partial charge in [0.2, 0.25) is 5.91 Å². The number of anilines is 2. The standard InChI is InChI=1S/C15H16F2N2O3/c1-15(3-2-4-15)22-8-14(21)19-7-13(20)18-11-5-9(16)10(17)6-12(11)19/h5-6H,2-4,7-8H2,1H3,(H,18,20). The number of hydrogen-bond donors (Lipinski definition) is 1. The van der Waals surface area contributed by atoms with Crippen LogP contribution < -0.4 is 10.2 Å². The van der Waals surface area contributed by atoms with Gasteiger partial charge in [0.05, 0.1) is 17.0 Å². The van der Waals surface area contributed by atoms with E-state index in [1.54, 1.807) is 0 Å². The molecule has 1 fully saturated rings. The van der Waals surface area contributed by atoms with Gasteiger partial charge in [-0.2, -0.15) is 0 Å². The second-order valence-corrected chi connectivity index (χ2v) is 5.90. The molecule has 1 aliphatic heterocycles. The van der Waals surface area contributed by atoms with Gasteiger partial charge in [-0.3, -0.25) is 14.5 Å². The predicted octanol–water partition coefficient (Wildman–Crippen LogP) is 2.21. The van der Waals surface area contributed by atoms with Crippen LogP contribution >= 0.6 is 0 Å². The number of ether oxygens (including phenoxy) is 1. The summed E-state index contributed by atoms with van der Waals surface area (Å²) in [6.07, 6.45) is 2.83. The highest BCUT2D eigenvalue weighted by Crippen LogP contribution is 2.35. The largest absolute Gasteiger partial charge is 0.365 e. The molecule has 1 N–H and O–H groups in total. The Hall–Kier alpha value is -2.02. The van der Waals surface area contributed by atoms with Crippen molar-refractivity contribution < 1.29 is 23.1 Å². The molecule has 0 unspecified atom stereocenters. The number of halogens is 2. The number of nitrogens with one attached hydrogen (secondary N) is 1. The summed E-state index contributed by atoms with van der Waals surface area (Å²) in [5.41, 5.74) is -0.0749. The minimum atomic E-state index is -1.08. The molecule has 0 aromatic heterocycles. The van der Waals surface area contributed by atoms with Gasteiger partial charge < -0.3 is 10.1 Å². The summed E-state index contributed by atoms with van der Waals surface area (Å²) < 4.78 is 32.3. The quantitative estimate of drug-likeness (QED) is 0.931. The summed E-state index contributed by atoms with van der Waals surface area (Å²) in [5, 5.41) is 2.43. The first kappa shape index (κ1) is 14.9. The van der Waals surface area contributed by atoms with Crippen molar-refractivity contribution in [2.24, 2.45) is 0 Å². The van der Waals surface area contributed by atoms with Crippen LogP contribution in [0.3, 0.4) is 0 Å². The molecule has 1 saturated carbocycles. The molecule has 0 saturated heterocycles. The highest BCUT2D eigenvalue weighted by molar-refractivity contribution is 6.10. The molecule has 7 heteroatoms. The van der Waals surface area contributed by atoms with Gasteiger partial charge in [0, 0.05) is 12.1 Å². The summed E-state index contributed by atoms with van der Waals surface area (Å²) in [7, 11) is 0. The van der Waals surface area contributed by atoms with Crippen LogP contribution in [0.4, 0.5) is 20.2 Å². The van der Waals surface area contributed by atoms with E-state index in [9.17, 15) is 18.4 Å². The fourth-order valence-corrected chi connectivity index (χ4v) is 2.63. The first-order valence-corrected chi connectivity index (χ1v) is 7.11. The van der Waals surface area contributed by atoms with Crippen molar-refractivity contribution in [3.63, 3.8) is 0 Å². The lowest BCUT2D eigenvalue weighted by atomic mass is 9.82. The number of nitrogens with zero attached hydrogens (tertiary/aromatic N) is 1. The fourth-order valence-electron chi connectivity index (χ4n) is 2.63. The normalized spacial score (nSPS) is 19.2. The maximum atomic E-state index is 13.4. The molecule has 5 nitrogen and oxygen atoms in total. The highest BCUT2D eigenvalue weighted by Gasteiger charge is 2.35. The zero-order valence-corrected chi connectivity index (χ0v) is 12.1. The van der Waals surface area contributed by atoms with E-state index < -0.39 is 23.4 Å². The average molecular weight is 310 g/mol. The van der Waals surface area contributed by atoms with Crippen LogP contribution in [0.1, 0.15) is 26.2 Å². The van der Waals surface area contributed by atoms with E-state index in [2.05, 4.69) is 5.32 Å². The first-order chi connectivity index (χ1) is 10.4. The van der Waals surface area contributed by atoms with Crippen LogP contribution in [-0.2, 0) is 14.3 Å². The third-order valence-corrected chi connectivity index (χ3v) is 4.16. The van der Waals surface area contributed by atoms with Crippen molar-refractivity contribution in [2.75, 3.05) is 23.4 Å². The Balaban J connectivity index is 1.80. The summed E-state index contributed by atoms with van der Waals surface area (Å²) in [5.74, 6) is -3.05. The summed E-state index contributed by atoms with van der Waals surface area (Å²) in [6.45, 7) is 1.49. The molecule has 1 aliphatic carbocycles. The van der Waals surface area contributed by atoms with E-state index in [0.29, 0.717) is 0 Å². The molecule has 1 heterocycles. The molecule has 118 valence electrons. The minimum absolute atomic E-state index is 0.0818. The van der Waals surface area contributed by atoms with Gasteiger partial charge in [-0.15, -0.1) is 0 Å². The Morgan fingerprint density at radius 3 is 2.68 bits per heavy atom. The molecule has 0 bridgehead atoms. The van der Waals surface area contributed by atoms with E-state index in [0.717, 1.165) is 36.3 Å². The summed E-state index contributed by atoms with van der Waals surface area (Å²) >= 11 is 0. The Labute approximate surface area is 126 Å². The molecule has 1 aromatic rings. The lowest BCUT2D eigenvalue weighted by Crippen LogP contribution is -2.46. The van der Waals surface area contributed by atoms with Crippen LogP contribution in [0.2, 0.25) is 0 Å². The van der Waals surface area contributed by atoms with Crippen molar-refractivity contribution in [3.8, 4) is 0 Å². The van der Waals surface area contributed by atoms with Crippen molar-refractivity contribution in [1.29, 1.82) is 0 Å². The number of amides is 2. The highest BCUT2D eigenvalue weighted by atomic mass is 19.2. The molecular weight excluding hydrogens is 294 g/mol. The van der Waals surface area contributed by atoms with Crippen LogP contribution in [-0.4, -0.2) is 30.6 Å². The van der Waals surface area contributed by atoms with Gasteiger partial charge in [-0.1, -0.05) is 0 Å². The molecule has 0 atom stereocenters. The number of benzene rings is 1. The number of hydrogen-bond acceptors (Lipinski definition) is 3. The van der Waals surface area contributed by atoms with Crippen molar-refractivity contribution >= 4 is 23.2 Å². The second-order valence-electron chi connectivity index (χ2n) is 5.90. The second kappa shape index (κ2) is 5.31. The predicted molar refractivity (Wildman–Crippen MR) is 75.5 cm³/mol. The maximum absolute atomic E-state index is 13.4. The number of carbonyl (C=O) groups excluding carboxylic acids is 2. The van der Waals surface area contributed by atoms with Crippen LogP contribution in [0.25, 0.3) is 0 Å². The number of carbonyl (C=O) groups is 2.